The van der Waals surface area contributed by atoms with E-state index in [0.29, 0.717) is 6.42 Å². The molecule has 0 aromatic rings. The fourth-order valence-corrected chi connectivity index (χ4v) is 5.55. The standard InChI is InChI=1S/C10H15BrO3/c1-8(2)9(5-12)3-4-10(8,6(9)11)7(13)14/h6,12H,3-5H2,1-2H3,(H,13,14)/t6-,9-,10-/m1/s1. The third-order valence-corrected chi connectivity index (χ3v) is 6.57. The summed E-state index contributed by atoms with van der Waals surface area (Å²) >= 11 is 3.46. The van der Waals surface area contributed by atoms with Crippen LogP contribution in [0, 0.1) is 16.2 Å². The van der Waals surface area contributed by atoms with Gasteiger partial charge in [-0.3, -0.25) is 4.79 Å². The van der Waals surface area contributed by atoms with Gasteiger partial charge in [-0.05, 0) is 18.3 Å². The van der Waals surface area contributed by atoms with E-state index in [-0.39, 0.29) is 22.3 Å². The maximum atomic E-state index is 11.3. The van der Waals surface area contributed by atoms with E-state index in [9.17, 15) is 15.0 Å². The molecular formula is C10H15BrO3. The van der Waals surface area contributed by atoms with Crippen molar-refractivity contribution in [1.29, 1.82) is 0 Å². The molecule has 14 heavy (non-hydrogen) atoms. The summed E-state index contributed by atoms with van der Waals surface area (Å²) in [6.45, 7) is 4.00. The van der Waals surface area contributed by atoms with Gasteiger partial charge < -0.3 is 10.2 Å². The minimum Gasteiger partial charge on any atom is -0.481 e. The predicted octanol–water partition coefficient (Wildman–Crippen LogP) is 1.63. The van der Waals surface area contributed by atoms with Crippen LogP contribution in [0.4, 0.5) is 0 Å². The minimum atomic E-state index is -0.731. The summed E-state index contributed by atoms with van der Waals surface area (Å²) in [5.74, 6) is -0.731. The molecule has 0 aliphatic heterocycles. The van der Waals surface area contributed by atoms with E-state index in [1.807, 2.05) is 13.8 Å². The van der Waals surface area contributed by atoms with Crippen LogP contribution < -0.4 is 0 Å². The lowest BCUT2D eigenvalue weighted by Crippen LogP contribution is -2.69. The maximum absolute atomic E-state index is 11.3. The van der Waals surface area contributed by atoms with Gasteiger partial charge in [-0.1, -0.05) is 29.8 Å². The Bertz CT molecular complexity index is 302. The van der Waals surface area contributed by atoms with Crippen molar-refractivity contribution in [3.05, 3.63) is 0 Å². The number of hydrogen-bond acceptors (Lipinski definition) is 2. The molecule has 3 nitrogen and oxygen atoms in total. The van der Waals surface area contributed by atoms with E-state index < -0.39 is 11.4 Å². The Morgan fingerprint density at radius 3 is 2.29 bits per heavy atom. The third kappa shape index (κ3) is 0.673. The number of rotatable bonds is 2. The van der Waals surface area contributed by atoms with E-state index in [2.05, 4.69) is 15.9 Å². The first-order valence-corrected chi connectivity index (χ1v) is 5.77. The monoisotopic (exact) mass is 262 g/mol. The van der Waals surface area contributed by atoms with Gasteiger partial charge in [-0.15, -0.1) is 0 Å². The molecule has 3 aliphatic rings. The maximum Gasteiger partial charge on any atom is 0.311 e. The van der Waals surface area contributed by atoms with Crippen LogP contribution in [-0.4, -0.2) is 27.6 Å². The van der Waals surface area contributed by atoms with Gasteiger partial charge in [-0.25, -0.2) is 0 Å². The Kier molecular flexibility index (Phi) is 1.88. The second-order valence-corrected chi connectivity index (χ2v) is 5.99. The van der Waals surface area contributed by atoms with Gasteiger partial charge in [-0.2, -0.15) is 0 Å². The zero-order valence-electron chi connectivity index (χ0n) is 8.38. The molecule has 3 saturated carbocycles. The van der Waals surface area contributed by atoms with E-state index in [1.54, 1.807) is 0 Å². The van der Waals surface area contributed by atoms with Gasteiger partial charge in [0.15, 0.2) is 0 Å². The number of halogens is 1. The molecule has 2 bridgehead atoms. The van der Waals surface area contributed by atoms with Crippen molar-refractivity contribution in [2.45, 2.75) is 31.5 Å². The topological polar surface area (TPSA) is 57.5 Å². The van der Waals surface area contributed by atoms with Crippen LogP contribution in [0.15, 0.2) is 0 Å². The number of carboxylic acid groups (broad SMARTS) is 1. The highest BCUT2D eigenvalue weighted by atomic mass is 79.9. The number of aliphatic carboxylic acids is 1. The molecule has 0 aromatic carbocycles. The van der Waals surface area contributed by atoms with Gasteiger partial charge >= 0.3 is 5.97 Å². The molecule has 0 heterocycles. The van der Waals surface area contributed by atoms with Crippen LogP contribution in [0.3, 0.4) is 0 Å². The molecule has 3 aliphatic carbocycles. The third-order valence-electron chi connectivity index (χ3n) is 4.91. The SMILES string of the molecule is CC1(C)[C@@]2(CO)CC[C@]1(C(=O)O)[C@@H]2Br. The van der Waals surface area contributed by atoms with Crippen LogP contribution in [0.1, 0.15) is 26.7 Å². The van der Waals surface area contributed by atoms with Crippen molar-refractivity contribution in [2.75, 3.05) is 6.61 Å². The molecule has 3 atom stereocenters. The summed E-state index contributed by atoms with van der Waals surface area (Å²) in [5.41, 5.74) is -1.21. The van der Waals surface area contributed by atoms with E-state index in [1.165, 1.54) is 0 Å². The highest BCUT2D eigenvalue weighted by molar-refractivity contribution is 9.09. The highest BCUT2D eigenvalue weighted by Crippen LogP contribution is 2.79. The van der Waals surface area contributed by atoms with Crippen molar-refractivity contribution >= 4 is 21.9 Å². The summed E-state index contributed by atoms with van der Waals surface area (Å²) in [5, 5.41) is 18.8. The first-order valence-electron chi connectivity index (χ1n) is 4.85. The van der Waals surface area contributed by atoms with E-state index in [4.69, 9.17) is 0 Å². The molecule has 3 fully saturated rings. The molecule has 80 valence electrons. The number of fused-ring (bicyclic) bond motifs is 1. The number of aliphatic hydroxyl groups is 1. The molecular weight excluding hydrogens is 248 g/mol. The quantitative estimate of drug-likeness (QED) is 0.744. The molecule has 3 rings (SSSR count). The van der Waals surface area contributed by atoms with Gasteiger partial charge in [0.05, 0.1) is 12.0 Å². The van der Waals surface area contributed by atoms with Crippen LogP contribution in [0.2, 0.25) is 0 Å². The number of hydrogen-bond donors (Lipinski definition) is 2. The lowest BCUT2D eigenvalue weighted by molar-refractivity contribution is -0.188. The Hall–Kier alpha value is -0.0900. The van der Waals surface area contributed by atoms with Gasteiger partial charge in [0.2, 0.25) is 0 Å². The predicted molar refractivity (Wildman–Crippen MR) is 55.3 cm³/mol. The van der Waals surface area contributed by atoms with Crippen molar-refractivity contribution in [3.63, 3.8) is 0 Å². The largest absolute Gasteiger partial charge is 0.481 e. The second kappa shape index (κ2) is 2.53. The van der Waals surface area contributed by atoms with Crippen molar-refractivity contribution in [2.24, 2.45) is 16.2 Å². The summed E-state index contributed by atoms with van der Waals surface area (Å²) in [7, 11) is 0. The van der Waals surface area contributed by atoms with Crippen LogP contribution in [-0.2, 0) is 4.79 Å². The molecule has 0 amide bonds. The molecule has 0 saturated heterocycles. The summed E-state index contributed by atoms with van der Waals surface area (Å²) in [6, 6.07) is 0. The Morgan fingerprint density at radius 2 is 2.07 bits per heavy atom. The van der Waals surface area contributed by atoms with Crippen LogP contribution in [0.5, 0.6) is 0 Å². The van der Waals surface area contributed by atoms with Gasteiger partial charge in [0.1, 0.15) is 0 Å². The number of aliphatic hydroxyl groups excluding tert-OH is 1. The Labute approximate surface area is 91.6 Å². The summed E-state index contributed by atoms with van der Waals surface area (Å²) < 4.78 is 0. The van der Waals surface area contributed by atoms with Crippen molar-refractivity contribution in [1.82, 2.24) is 0 Å². The zero-order chi connectivity index (χ0) is 10.8. The average molecular weight is 263 g/mol. The minimum absolute atomic E-state index is 0.0744. The molecule has 2 N–H and O–H groups in total. The molecule has 0 radical (unpaired) electrons. The Balaban J connectivity index is 2.48. The second-order valence-electron chi connectivity index (χ2n) is 5.08. The molecule has 4 heteroatoms. The van der Waals surface area contributed by atoms with E-state index in [0.717, 1.165) is 6.42 Å². The van der Waals surface area contributed by atoms with Gasteiger partial charge in [0, 0.05) is 10.2 Å². The number of carbonyl (C=O) groups is 1. The first-order chi connectivity index (χ1) is 6.37. The first kappa shape index (κ1) is 10.4. The highest BCUT2D eigenvalue weighted by Gasteiger charge is 2.82. The number of carboxylic acids is 1. The summed E-state index contributed by atoms with van der Waals surface area (Å²) in [6.07, 6.45) is 1.48. The lowest BCUT2D eigenvalue weighted by Gasteiger charge is -2.63. The molecule has 0 aromatic heterocycles. The lowest BCUT2D eigenvalue weighted by atomic mass is 9.43. The van der Waals surface area contributed by atoms with Crippen molar-refractivity contribution < 1.29 is 15.0 Å². The normalized spacial score (nSPS) is 48.7. The zero-order valence-corrected chi connectivity index (χ0v) is 9.97. The van der Waals surface area contributed by atoms with Crippen molar-refractivity contribution in [3.8, 4) is 0 Å². The average Bonchev–Trinajstić information content (AvgIpc) is 2.53. The van der Waals surface area contributed by atoms with Crippen LogP contribution >= 0.6 is 15.9 Å². The molecule has 0 spiro atoms. The fourth-order valence-electron chi connectivity index (χ4n) is 3.61. The van der Waals surface area contributed by atoms with Crippen LogP contribution in [0.25, 0.3) is 0 Å². The summed E-state index contributed by atoms with van der Waals surface area (Å²) in [4.78, 5) is 11.3. The smallest absolute Gasteiger partial charge is 0.311 e. The fraction of sp³-hybridized carbons (Fsp3) is 0.900. The molecule has 0 unspecified atom stereocenters. The number of alkyl halides is 1. The Morgan fingerprint density at radius 1 is 1.50 bits per heavy atom. The van der Waals surface area contributed by atoms with E-state index >= 15 is 0 Å². The van der Waals surface area contributed by atoms with Gasteiger partial charge in [0.25, 0.3) is 0 Å².